The molecule has 0 atom stereocenters. The largest absolute Gasteiger partial charge is 0.473 e. The highest BCUT2D eigenvalue weighted by Crippen LogP contribution is 2.25. The lowest BCUT2D eigenvalue weighted by atomic mass is 9.79. The van der Waals surface area contributed by atoms with E-state index in [0.717, 1.165) is 0 Å². The van der Waals surface area contributed by atoms with Gasteiger partial charge in [0.2, 0.25) is 5.65 Å². The highest BCUT2D eigenvalue weighted by molar-refractivity contribution is 5.72. The van der Waals surface area contributed by atoms with Crippen molar-refractivity contribution >= 4 is 17.2 Å². The van der Waals surface area contributed by atoms with Crippen molar-refractivity contribution in [3.05, 3.63) is 18.3 Å². The fourth-order valence-corrected chi connectivity index (χ4v) is 2.81. The van der Waals surface area contributed by atoms with E-state index in [9.17, 15) is 0 Å². The molecule has 0 aliphatic rings. The van der Waals surface area contributed by atoms with Crippen LogP contribution in [-0.2, 0) is 0 Å². The van der Waals surface area contributed by atoms with Crippen molar-refractivity contribution < 1.29 is 9.41 Å². The molecule has 0 amide bonds. The van der Waals surface area contributed by atoms with Crippen LogP contribution in [0.4, 0.5) is 0 Å². The number of fused-ring (bicyclic) bond motifs is 1. The summed E-state index contributed by atoms with van der Waals surface area (Å²) in [6, 6.07) is 4.32. The molecular weight excluding hydrogens is 330 g/mol. The number of nitrogens with zero attached hydrogens (tertiary/aromatic N) is 6. The molecule has 2 aromatic heterocycles. The second-order valence-electron chi connectivity index (χ2n) is 7.70. The van der Waals surface area contributed by atoms with E-state index in [1.165, 1.54) is 4.85 Å². The van der Waals surface area contributed by atoms with Crippen LogP contribution in [-0.4, -0.2) is 69.0 Å². The van der Waals surface area contributed by atoms with Crippen molar-refractivity contribution in [2.45, 2.75) is 40.2 Å². The molecule has 0 aliphatic carbocycles. The minimum Gasteiger partial charge on any atom is -0.277 e. The normalized spacial score (nSPS) is 12.1. The van der Waals surface area contributed by atoms with Crippen LogP contribution in [0, 0.1) is 11.8 Å². The first kappa shape index (κ1) is 20.1. The molecular formula is C18H32N7O+. The van der Waals surface area contributed by atoms with Crippen LogP contribution in [0.3, 0.4) is 0 Å². The number of hydrogen-bond donors (Lipinski definition) is 1. The fraction of sp³-hybridized carbons (Fsp3) is 0.667. The molecule has 2 aromatic rings. The average molecular weight is 363 g/mol. The second-order valence-corrected chi connectivity index (χ2v) is 7.70. The van der Waals surface area contributed by atoms with Gasteiger partial charge in [-0.3, -0.25) is 10.2 Å². The van der Waals surface area contributed by atoms with E-state index in [2.05, 4.69) is 55.2 Å². The van der Waals surface area contributed by atoms with E-state index >= 15 is 0 Å². The molecule has 0 saturated carbocycles. The molecule has 26 heavy (non-hydrogen) atoms. The van der Waals surface area contributed by atoms with Gasteiger partial charge in [-0.15, -0.1) is 5.10 Å². The number of nitrogens with one attached hydrogen (secondary N) is 1. The molecule has 2 rings (SSSR count). The van der Waals surface area contributed by atoms with E-state index in [1.54, 1.807) is 6.20 Å². The van der Waals surface area contributed by atoms with Crippen LogP contribution < -0.4 is 10.2 Å². The van der Waals surface area contributed by atoms with E-state index in [-0.39, 0.29) is 5.54 Å². The third kappa shape index (κ3) is 4.12. The predicted molar refractivity (Wildman–Crippen MR) is 103 cm³/mol. The SMILES string of the molecule is CC(C)C(C)(NCN(C)C(On1nnc2cccnc21)=[N+](C)C)C(C)C. The number of amidine groups is 1. The fourth-order valence-electron chi connectivity index (χ4n) is 2.81. The molecule has 0 aliphatic heterocycles. The molecule has 0 aromatic carbocycles. The zero-order valence-corrected chi connectivity index (χ0v) is 17.2. The summed E-state index contributed by atoms with van der Waals surface area (Å²) in [5.41, 5.74) is 1.30. The van der Waals surface area contributed by atoms with Crippen molar-refractivity contribution in [3.63, 3.8) is 0 Å². The van der Waals surface area contributed by atoms with Crippen molar-refractivity contribution in [2.24, 2.45) is 11.8 Å². The molecule has 144 valence electrons. The van der Waals surface area contributed by atoms with Crippen molar-refractivity contribution in [3.8, 4) is 0 Å². The summed E-state index contributed by atoms with van der Waals surface area (Å²) in [6.45, 7) is 11.9. The van der Waals surface area contributed by atoms with Crippen LogP contribution in [0.5, 0.6) is 0 Å². The molecule has 1 N–H and O–H groups in total. The van der Waals surface area contributed by atoms with Gasteiger partial charge in [-0.25, -0.2) is 14.5 Å². The first-order valence-electron chi connectivity index (χ1n) is 9.02. The number of rotatable bonds is 6. The maximum atomic E-state index is 5.99. The Labute approximate surface area is 155 Å². The van der Waals surface area contributed by atoms with Crippen LogP contribution in [0.2, 0.25) is 0 Å². The predicted octanol–water partition coefficient (Wildman–Crippen LogP) is 1.43. The average Bonchev–Trinajstić information content (AvgIpc) is 2.99. The monoisotopic (exact) mass is 362 g/mol. The van der Waals surface area contributed by atoms with E-state index in [4.69, 9.17) is 4.84 Å². The topological polar surface area (TPSA) is 71.1 Å². The maximum absolute atomic E-state index is 5.99. The van der Waals surface area contributed by atoms with Crippen LogP contribution in [0.25, 0.3) is 11.2 Å². The maximum Gasteiger partial charge on any atom is 0.473 e. The molecule has 0 saturated heterocycles. The quantitative estimate of drug-likeness (QED) is 0.363. The van der Waals surface area contributed by atoms with Gasteiger partial charge in [0.25, 0.3) is 0 Å². The highest BCUT2D eigenvalue weighted by Gasteiger charge is 2.33. The Kier molecular flexibility index (Phi) is 6.17. The summed E-state index contributed by atoms with van der Waals surface area (Å²) in [5, 5.41) is 11.8. The van der Waals surface area contributed by atoms with Crippen LogP contribution >= 0.6 is 0 Å². The van der Waals surface area contributed by atoms with Gasteiger partial charge in [-0.05, 0) is 41.0 Å². The molecule has 0 unspecified atom stereocenters. The second kappa shape index (κ2) is 7.99. The summed E-state index contributed by atoms with van der Waals surface area (Å²) in [4.78, 5) is 13.6. The van der Waals surface area contributed by atoms with Crippen molar-refractivity contribution in [2.75, 3.05) is 27.8 Å². The Morgan fingerprint density at radius 2 is 1.96 bits per heavy atom. The lowest BCUT2D eigenvalue weighted by Crippen LogP contribution is -2.56. The van der Waals surface area contributed by atoms with E-state index < -0.39 is 0 Å². The van der Waals surface area contributed by atoms with Crippen molar-refractivity contribution in [1.82, 2.24) is 30.4 Å². The number of hydrogen-bond acceptors (Lipinski definition) is 5. The number of aromatic nitrogens is 4. The summed E-state index contributed by atoms with van der Waals surface area (Å²) < 4.78 is 1.90. The zero-order valence-electron chi connectivity index (χ0n) is 17.2. The van der Waals surface area contributed by atoms with Gasteiger partial charge >= 0.3 is 6.02 Å². The molecule has 8 nitrogen and oxygen atoms in total. The smallest absolute Gasteiger partial charge is 0.277 e. The third-order valence-electron chi connectivity index (χ3n) is 5.15. The van der Waals surface area contributed by atoms with Gasteiger partial charge in [0.05, 0.1) is 21.1 Å². The summed E-state index contributed by atoms with van der Waals surface area (Å²) in [6.07, 6.45) is 1.70. The molecule has 2 heterocycles. The van der Waals surface area contributed by atoms with Crippen molar-refractivity contribution in [1.29, 1.82) is 0 Å². The Balaban J connectivity index is 2.16. The summed E-state index contributed by atoms with van der Waals surface area (Å²) in [7, 11) is 5.85. The highest BCUT2D eigenvalue weighted by atomic mass is 16.7. The summed E-state index contributed by atoms with van der Waals surface area (Å²) >= 11 is 0. The van der Waals surface area contributed by atoms with Gasteiger partial charge in [0, 0.05) is 11.7 Å². The van der Waals surface area contributed by atoms with Gasteiger partial charge in [0.1, 0.15) is 12.2 Å². The molecule has 8 heteroatoms. The first-order valence-corrected chi connectivity index (χ1v) is 9.02. The zero-order chi connectivity index (χ0) is 19.5. The van der Waals surface area contributed by atoms with Gasteiger partial charge in [-0.1, -0.05) is 27.7 Å². The summed E-state index contributed by atoms with van der Waals surface area (Å²) in [5.74, 6) is 1.01. The first-order chi connectivity index (χ1) is 12.2. The van der Waals surface area contributed by atoms with E-state index in [0.29, 0.717) is 35.7 Å². The number of pyridine rings is 1. The van der Waals surface area contributed by atoms with Gasteiger partial charge in [-0.2, -0.15) is 0 Å². The Hall–Kier alpha value is -2.22. The Bertz CT molecular complexity index is 754. The lowest BCUT2D eigenvalue weighted by Gasteiger charge is -2.39. The Morgan fingerprint density at radius 1 is 1.31 bits per heavy atom. The molecule has 0 fully saturated rings. The minimum atomic E-state index is 0.0210. The van der Waals surface area contributed by atoms with Gasteiger partial charge in [0.15, 0.2) is 0 Å². The van der Waals surface area contributed by atoms with E-state index in [1.807, 2.05) is 42.8 Å². The lowest BCUT2D eigenvalue weighted by molar-refractivity contribution is -0.481. The third-order valence-corrected chi connectivity index (χ3v) is 5.15. The van der Waals surface area contributed by atoms with Gasteiger partial charge < -0.3 is 0 Å². The van der Waals surface area contributed by atoms with Crippen LogP contribution in [0.1, 0.15) is 34.6 Å². The Morgan fingerprint density at radius 3 is 2.54 bits per heavy atom. The van der Waals surface area contributed by atoms with Crippen LogP contribution in [0.15, 0.2) is 18.3 Å². The molecule has 0 spiro atoms. The minimum absolute atomic E-state index is 0.0210. The molecule has 0 bridgehead atoms. The standard InChI is InChI=1S/C18H32N7O/c1-13(2)18(5,14(3)4)20-12-24(8)17(23(6)7)26-25-16-15(21-22-25)10-9-11-19-16/h9-11,13-14,20H,12H2,1-8H3/q+1. The molecule has 0 radical (unpaired) electrons.